The lowest BCUT2D eigenvalue weighted by atomic mass is 9.46. The number of epoxide rings is 1. The van der Waals surface area contributed by atoms with Crippen molar-refractivity contribution >= 4 is 17.7 Å². The van der Waals surface area contributed by atoms with E-state index in [1.165, 1.54) is 31.4 Å². The van der Waals surface area contributed by atoms with Crippen molar-refractivity contribution in [3.8, 4) is 0 Å². The van der Waals surface area contributed by atoms with Gasteiger partial charge in [-0.15, -0.1) is 0 Å². The average molecular weight is 515 g/mol. The van der Waals surface area contributed by atoms with Gasteiger partial charge in [-0.25, -0.2) is 14.0 Å². The van der Waals surface area contributed by atoms with Gasteiger partial charge in [-0.3, -0.25) is 4.79 Å². The molecule has 8 nitrogen and oxygen atoms in total. The Balaban J connectivity index is 1.42. The van der Waals surface area contributed by atoms with Crippen LogP contribution in [0.1, 0.15) is 56.3 Å². The summed E-state index contributed by atoms with van der Waals surface area (Å²) in [6, 6.07) is 2.86. The topological polar surface area (TPSA) is 116 Å². The largest absolute Gasteiger partial charge is 0.466 e. The van der Waals surface area contributed by atoms with E-state index in [1.807, 2.05) is 20.8 Å². The summed E-state index contributed by atoms with van der Waals surface area (Å²) < 4.78 is 38.9. The van der Waals surface area contributed by atoms with E-state index in [9.17, 15) is 19.5 Å². The van der Waals surface area contributed by atoms with E-state index < -0.39 is 46.1 Å². The highest BCUT2D eigenvalue weighted by Gasteiger charge is 2.84. The second-order valence-corrected chi connectivity index (χ2v) is 11.7. The second kappa shape index (κ2) is 7.63. The van der Waals surface area contributed by atoms with E-state index in [1.54, 1.807) is 6.08 Å². The zero-order valence-corrected chi connectivity index (χ0v) is 21.3. The Kier molecular flexibility index (Phi) is 5.06. The average Bonchev–Trinajstić information content (AvgIpc) is 3.29. The Hall–Kier alpha value is -2.78. The Bertz CT molecular complexity index is 1260. The van der Waals surface area contributed by atoms with Gasteiger partial charge in [0.15, 0.2) is 5.78 Å². The fourth-order valence-electron chi connectivity index (χ4n) is 8.57. The third-order valence-electron chi connectivity index (χ3n) is 10.2. The van der Waals surface area contributed by atoms with Gasteiger partial charge in [-0.1, -0.05) is 19.9 Å². The van der Waals surface area contributed by atoms with Crippen molar-refractivity contribution in [2.75, 3.05) is 7.11 Å². The fraction of sp³-hybridized carbons (Fsp3) is 0.607. The van der Waals surface area contributed by atoms with Crippen molar-refractivity contribution in [3.63, 3.8) is 0 Å². The number of aliphatic hydroxyl groups excluding tert-OH is 1. The number of ether oxygens (including phenoxy) is 3. The van der Waals surface area contributed by atoms with Gasteiger partial charge in [0.25, 0.3) is 0 Å². The summed E-state index contributed by atoms with van der Waals surface area (Å²) in [4.78, 5) is 38.9. The Morgan fingerprint density at radius 3 is 2.65 bits per heavy atom. The van der Waals surface area contributed by atoms with Crippen molar-refractivity contribution in [2.24, 2.45) is 28.6 Å². The molecule has 9 atom stereocenters. The molecule has 1 N–H and O–H groups in total. The molecule has 2 heterocycles. The van der Waals surface area contributed by atoms with Crippen LogP contribution in [0.5, 0.6) is 0 Å². The molecule has 198 valence electrons. The van der Waals surface area contributed by atoms with E-state index >= 15 is 4.39 Å². The van der Waals surface area contributed by atoms with Crippen LogP contribution in [-0.2, 0) is 30.4 Å². The van der Waals surface area contributed by atoms with Crippen molar-refractivity contribution < 1.29 is 42.5 Å². The minimum absolute atomic E-state index is 0.125. The van der Waals surface area contributed by atoms with Gasteiger partial charge in [-0.2, -0.15) is 0 Å². The minimum atomic E-state index is -1.64. The summed E-state index contributed by atoms with van der Waals surface area (Å²) in [6.45, 7) is 5.33. The lowest BCUT2D eigenvalue weighted by molar-refractivity contribution is -0.188. The third kappa shape index (κ3) is 2.82. The van der Waals surface area contributed by atoms with Crippen LogP contribution in [0.3, 0.4) is 0 Å². The number of methoxy groups -OCH3 is 1. The molecule has 2 unspecified atom stereocenters. The third-order valence-corrected chi connectivity index (χ3v) is 10.2. The molecule has 5 aliphatic rings. The zero-order valence-electron chi connectivity index (χ0n) is 21.3. The standard InChI is InChI=1S/C28H31FO8/c1-14-9-17-18-11-20(29)19-10-15(31)7-8-25(19,2)28(18)22(36-28)12-26(17,3)27(14,24(33)34-4)37-23(32)21-6-5-16(13-30)35-21/h5-8,10,14,17-18,20,22,30H,9,11-13H2,1-4H3/t14-,17?,18?,20+,22+,25+,26+,27+,28-/m1/s1. The first kappa shape index (κ1) is 24.6. The Morgan fingerprint density at radius 2 is 1.97 bits per heavy atom. The molecular weight excluding hydrogens is 483 g/mol. The molecular formula is C28H31FO8. The number of carbonyl (C=O) groups excluding carboxylic acids is 3. The molecule has 0 radical (unpaired) electrons. The van der Waals surface area contributed by atoms with Crippen molar-refractivity contribution in [1.82, 2.24) is 0 Å². The summed E-state index contributed by atoms with van der Waals surface area (Å²) in [5, 5.41) is 9.32. The highest BCUT2D eigenvalue weighted by atomic mass is 19.1. The number of alkyl halides is 1. The van der Waals surface area contributed by atoms with Crippen LogP contribution in [-0.4, -0.2) is 53.4 Å². The van der Waals surface area contributed by atoms with Gasteiger partial charge in [-0.05, 0) is 67.9 Å². The van der Waals surface area contributed by atoms with E-state index in [2.05, 4.69) is 0 Å². The lowest BCUT2D eigenvalue weighted by Gasteiger charge is -2.56. The molecule has 4 fully saturated rings. The number of fused-ring (bicyclic) bond motifs is 3. The fourth-order valence-corrected chi connectivity index (χ4v) is 8.57. The van der Waals surface area contributed by atoms with Crippen LogP contribution in [0.25, 0.3) is 0 Å². The molecule has 0 amide bonds. The van der Waals surface area contributed by atoms with E-state index in [0.29, 0.717) is 18.4 Å². The summed E-state index contributed by atoms with van der Waals surface area (Å²) in [7, 11) is 1.26. The van der Waals surface area contributed by atoms with E-state index in [-0.39, 0.29) is 48.3 Å². The highest BCUT2D eigenvalue weighted by Crippen LogP contribution is 2.77. The first-order valence-corrected chi connectivity index (χ1v) is 12.8. The number of carbonyl (C=O) groups is 3. The molecule has 1 spiro atoms. The van der Waals surface area contributed by atoms with Crippen LogP contribution >= 0.6 is 0 Å². The van der Waals surface area contributed by atoms with Crippen LogP contribution in [0.15, 0.2) is 40.4 Å². The number of halogens is 1. The van der Waals surface area contributed by atoms with Crippen LogP contribution < -0.4 is 0 Å². The van der Waals surface area contributed by atoms with Gasteiger partial charge in [0.1, 0.15) is 24.1 Å². The maximum Gasteiger partial charge on any atom is 0.375 e. The van der Waals surface area contributed by atoms with Gasteiger partial charge in [0.2, 0.25) is 11.4 Å². The highest BCUT2D eigenvalue weighted by molar-refractivity contribution is 6.01. The smallest absolute Gasteiger partial charge is 0.375 e. The molecule has 1 saturated heterocycles. The summed E-state index contributed by atoms with van der Waals surface area (Å²) in [5.74, 6) is -2.54. The van der Waals surface area contributed by atoms with Gasteiger partial charge >= 0.3 is 11.9 Å². The number of rotatable bonds is 4. The molecule has 6 rings (SSSR count). The maximum atomic E-state index is 15.7. The minimum Gasteiger partial charge on any atom is -0.466 e. The Morgan fingerprint density at radius 1 is 1.22 bits per heavy atom. The van der Waals surface area contributed by atoms with E-state index in [0.717, 1.165) is 0 Å². The number of allylic oxidation sites excluding steroid dienone is 2. The molecule has 3 saturated carbocycles. The lowest BCUT2D eigenvalue weighted by Crippen LogP contribution is -2.64. The molecule has 1 aromatic rings. The number of aliphatic hydroxyl groups is 1. The first-order valence-electron chi connectivity index (χ1n) is 12.8. The van der Waals surface area contributed by atoms with Crippen LogP contribution in [0, 0.1) is 28.6 Å². The van der Waals surface area contributed by atoms with Crippen molar-refractivity contribution in [3.05, 3.63) is 47.5 Å². The first-order chi connectivity index (χ1) is 17.5. The predicted molar refractivity (Wildman–Crippen MR) is 126 cm³/mol. The normalized spacial score (nSPS) is 45.2. The molecule has 37 heavy (non-hydrogen) atoms. The Labute approximate surface area is 213 Å². The quantitative estimate of drug-likeness (QED) is 0.480. The SMILES string of the molecule is COC(=O)[C@@]1(OC(=O)c2ccc(CO)o2)[C@H](C)CC2C3C[C@H](F)C4=CC(=O)C=C[C@]4(C)[C@@]34O[C@H]4C[C@@]21C. The molecule has 1 aromatic heterocycles. The van der Waals surface area contributed by atoms with E-state index in [4.69, 9.17) is 18.6 Å². The number of furan rings is 1. The zero-order chi connectivity index (χ0) is 26.5. The summed E-state index contributed by atoms with van der Waals surface area (Å²) >= 11 is 0. The second-order valence-electron chi connectivity index (χ2n) is 11.7. The molecule has 4 aliphatic carbocycles. The molecule has 9 heteroatoms. The number of esters is 2. The molecule has 0 aromatic carbocycles. The summed E-state index contributed by atoms with van der Waals surface area (Å²) in [6.07, 6.45) is 4.12. The van der Waals surface area contributed by atoms with Gasteiger partial charge in [0.05, 0.1) is 13.2 Å². The summed E-state index contributed by atoms with van der Waals surface area (Å²) in [5.41, 5.74) is -3.55. The van der Waals surface area contributed by atoms with Crippen LogP contribution in [0.2, 0.25) is 0 Å². The van der Waals surface area contributed by atoms with Crippen molar-refractivity contribution in [1.29, 1.82) is 0 Å². The van der Waals surface area contributed by atoms with Crippen molar-refractivity contribution in [2.45, 2.75) is 70.1 Å². The number of ketones is 1. The number of hydrogen-bond acceptors (Lipinski definition) is 8. The monoisotopic (exact) mass is 514 g/mol. The predicted octanol–water partition coefficient (Wildman–Crippen LogP) is 3.47. The van der Waals surface area contributed by atoms with Gasteiger partial charge in [0, 0.05) is 16.7 Å². The number of hydrogen-bond donors (Lipinski definition) is 1. The van der Waals surface area contributed by atoms with Gasteiger partial charge < -0.3 is 23.7 Å². The maximum absolute atomic E-state index is 15.7. The molecule has 0 bridgehead atoms. The molecule has 1 aliphatic heterocycles. The van der Waals surface area contributed by atoms with Crippen LogP contribution in [0.4, 0.5) is 4.39 Å².